The lowest BCUT2D eigenvalue weighted by molar-refractivity contribution is -0.141. The molecule has 5 nitrogen and oxygen atoms in total. The van der Waals surface area contributed by atoms with Crippen molar-refractivity contribution in [3.63, 3.8) is 0 Å². The van der Waals surface area contributed by atoms with E-state index in [1.165, 1.54) is 24.0 Å². The number of carboxylic acid groups (broad SMARTS) is 1. The fourth-order valence-electron chi connectivity index (χ4n) is 5.29. The monoisotopic (exact) mass is 522 g/mol. The van der Waals surface area contributed by atoms with Gasteiger partial charge in [0.05, 0.1) is 23.7 Å². The molecule has 1 rings (SSSR count). The zero-order valence-electron chi connectivity index (χ0n) is 25.0. The molecule has 0 spiro atoms. The van der Waals surface area contributed by atoms with Crippen LogP contribution in [0.3, 0.4) is 0 Å². The molecule has 5 heteroatoms. The standard InChI is InChI=1S/C32H58O5/c1-8-9-21-37-30-27(6)26(5)29(33)22-28(30)18-17-24(3)14-10-13-23(2)15-11-19-32(7,36)20-12-16-25(4)31(34)35/h15,22,24-27,29-30,33,36H,8-14,16-21H2,1-7H3,(H,34,35)/b23-15+. The lowest BCUT2D eigenvalue weighted by Crippen LogP contribution is -2.39. The minimum absolute atomic E-state index is 0.139. The zero-order chi connectivity index (χ0) is 28.0. The Kier molecular flexibility index (Phi) is 15.9. The van der Waals surface area contributed by atoms with Gasteiger partial charge in [-0.1, -0.05) is 65.2 Å². The number of carboxylic acids is 1. The van der Waals surface area contributed by atoms with Crippen molar-refractivity contribution in [1.82, 2.24) is 0 Å². The molecular formula is C32H58O5. The molecule has 216 valence electrons. The summed E-state index contributed by atoms with van der Waals surface area (Å²) in [6, 6.07) is 0. The number of aliphatic hydroxyl groups excluding tert-OH is 1. The van der Waals surface area contributed by atoms with Crippen LogP contribution >= 0.6 is 0 Å². The van der Waals surface area contributed by atoms with Crippen LogP contribution in [-0.4, -0.2) is 45.7 Å². The van der Waals surface area contributed by atoms with Crippen LogP contribution in [0.2, 0.25) is 0 Å². The van der Waals surface area contributed by atoms with E-state index in [2.05, 4.69) is 46.8 Å². The van der Waals surface area contributed by atoms with E-state index in [0.29, 0.717) is 31.1 Å². The second-order valence-corrected chi connectivity index (χ2v) is 12.3. The van der Waals surface area contributed by atoms with Crippen molar-refractivity contribution in [2.45, 2.75) is 143 Å². The molecule has 0 aliphatic heterocycles. The summed E-state index contributed by atoms with van der Waals surface area (Å²) in [5, 5.41) is 30.1. The van der Waals surface area contributed by atoms with E-state index in [1.807, 2.05) is 6.92 Å². The summed E-state index contributed by atoms with van der Waals surface area (Å²) in [6.07, 6.45) is 15.4. The fourth-order valence-corrected chi connectivity index (χ4v) is 5.29. The van der Waals surface area contributed by atoms with Crippen molar-refractivity contribution in [3.05, 3.63) is 23.3 Å². The Morgan fingerprint density at radius 2 is 1.81 bits per heavy atom. The molecule has 0 radical (unpaired) electrons. The maximum Gasteiger partial charge on any atom is 0.306 e. The van der Waals surface area contributed by atoms with Crippen LogP contribution in [0.25, 0.3) is 0 Å². The molecule has 1 aliphatic rings. The van der Waals surface area contributed by atoms with Crippen LogP contribution in [0.1, 0.15) is 126 Å². The molecule has 0 bridgehead atoms. The lowest BCUT2D eigenvalue weighted by Gasteiger charge is -2.37. The lowest BCUT2D eigenvalue weighted by atomic mass is 9.76. The van der Waals surface area contributed by atoms with Gasteiger partial charge < -0.3 is 20.1 Å². The molecule has 0 saturated carbocycles. The summed E-state index contributed by atoms with van der Waals surface area (Å²) in [4.78, 5) is 10.9. The van der Waals surface area contributed by atoms with Gasteiger partial charge in [0.2, 0.25) is 0 Å². The van der Waals surface area contributed by atoms with Crippen molar-refractivity contribution in [2.75, 3.05) is 6.61 Å². The average Bonchev–Trinajstić information content (AvgIpc) is 2.82. The van der Waals surface area contributed by atoms with E-state index in [0.717, 1.165) is 51.6 Å². The number of hydrogen-bond donors (Lipinski definition) is 3. The van der Waals surface area contributed by atoms with Gasteiger partial charge in [-0.3, -0.25) is 4.79 Å². The first-order chi connectivity index (χ1) is 17.4. The van der Waals surface area contributed by atoms with Gasteiger partial charge in [-0.2, -0.15) is 0 Å². The first-order valence-electron chi connectivity index (χ1n) is 15.0. The van der Waals surface area contributed by atoms with Crippen molar-refractivity contribution in [1.29, 1.82) is 0 Å². The summed E-state index contributed by atoms with van der Waals surface area (Å²) >= 11 is 0. The molecule has 3 N–H and O–H groups in total. The van der Waals surface area contributed by atoms with Crippen LogP contribution in [0.4, 0.5) is 0 Å². The highest BCUT2D eigenvalue weighted by Gasteiger charge is 2.34. The van der Waals surface area contributed by atoms with Crippen LogP contribution in [0, 0.1) is 23.7 Å². The van der Waals surface area contributed by atoms with E-state index < -0.39 is 11.6 Å². The summed E-state index contributed by atoms with van der Waals surface area (Å²) < 4.78 is 6.29. The first-order valence-corrected chi connectivity index (χ1v) is 15.0. The van der Waals surface area contributed by atoms with Crippen LogP contribution in [0.5, 0.6) is 0 Å². The molecular weight excluding hydrogens is 464 g/mol. The average molecular weight is 523 g/mol. The predicted molar refractivity (Wildman–Crippen MR) is 154 cm³/mol. The van der Waals surface area contributed by atoms with Gasteiger partial charge in [-0.15, -0.1) is 0 Å². The quantitative estimate of drug-likeness (QED) is 0.119. The summed E-state index contributed by atoms with van der Waals surface area (Å²) in [6.45, 7) is 15.4. The normalized spacial score (nSPS) is 25.9. The Hall–Kier alpha value is -1.17. The highest BCUT2D eigenvalue weighted by Crippen LogP contribution is 2.35. The van der Waals surface area contributed by atoms with Gasteiger partial charge in [-0.05, 0) is 101 Å². The Morgan fingerprint density at radius 3 is 2.46 bits per heavy atom. The summed E-state index contributed by atoms with van der Waals surface area (Å²) in [5.74, 6) is 0.0861. The van der Waals surface area contributed by atoms with Crippen molar-refractivity contribution >= 4 is 5.97 Å². The molecule has 37 heavy (non-hydrogen) atoms. The first kappa shape index (κ1) is 33.9. The van der Waals surface area contributed by atoms with Gasteiger partial charge in [0.15, 0.2) is 0 Å². The Labute approximate surface area is 227 Å². The molecule has 0 aromatic rings. The second-order valence-electron chi connectivity index (χ2n) is 12.3. The second kappa shape index (κ2) is 17.4. The third-order valence-electron chi connectivity index (χ3n) is 8.53. The molecule has 7 unspecified atom stereocenters. The van der Waals surface area contributed by atoms with Gasteiger partial charge >= 0.3 is 5.97 Å². The number of ether oxygens (including phenoxy) is 1. The number of allylic oxidation sites excluding steroid dienone is 2. The minimum Gasteiger partial charge on any atom is -0.481 e. The van der Waals surface area contributed by atoms with Crippen molar-refractivity contribution < 1.29 is 24.9 Å². The van der Waals surface area contributed by atoms with Crippen LogP contribution in [-0.2, 0) is 9.53 Å². The summed E-state index contributed by atoms with van der Waals surface area (Å²) in [5.41, 5.74) is 1.94. The highest BCUT2D eigenvalue weighted by atomic mass is 16.5. The van der Waals surface area contributed by atoms with Gasteiger partial charge in [0, 0.05) is 6.61 Å². The van der Waals surface area contributed by atoms with E-state index in [9.17, 15) is 15.0 Å². The Balaban J connectivity index is 2.37. The molecule has 0 heterocycles. The van der Waals surface area contributed by atoms with Gasteiger partial charge in [-0.25, -0.2) is 0 Å². The third-order valence-corrected chi connectivity index (χ3v) is 8.53. The number of rotatable bonds is 19. The van der Waals surface area contributed by atoms with Crippen LogP contribution in [0.15, 0.2) is 23.3 Å². The molecule has 0 aromatic heterocycles. The maximum atomic E-state index is 10.9. The van der Waals surface area contributed by atoms with E-state index >= 15 is 0 Å². The Morgan fingerprint density at radius 1 is 1.11 bits per heavy atom. The summed E-state index contributed by atoms with van der Waals surface area (Å²) in [7, 11) is 0. The largest absolute Gasteiger partial charge is 0.481 e. The predicted octanol–water partition coefficient (Wildman–Crippen LogP) is 7.70. The molecule has 0 fully saturated rings. The molecule has 0 amide bonds. The zero-order valence-corrected chi connectivity index (χ0v) is 25.0. The SMILES string of the molecule is CCCCOC1C(CCC(C)CCC/C(C)=C/CCC(C)(O)CCCC(C)C(=O)O)=CC(O)C(C)C1C. The highest BCUT2D eigenvalue weighted by molar-refractivity contribution is 5.69. The van der Waals surface area contributed by atoms with E-state index in [4.69, 9.17) is 9.84 Å². The number of aliphatic hydroxyl groups is 2. The number of aliphatic carboxylic acids is 1. The maximum absolute atomic E-state index is 10.9. The number of unbranched alkanes of at least 4 members (excludes halogenated alkanes) is 1. The number of carbonyl (C=O) groups is 1. The van der Waals surface area contributed by atoms with Crippen LogP contribution < -0.4 is 0 Å². The number of hydrogen-bond acceptors (Lipinski definition) is 4. The smallest absolute Gasteiger partial charge is 0.306 e. The molecule has 1 aliphatic carbocycles. The van der Waals surface area contributed by atoms with Crippen molar-refractivity contribution in [2.24, 2.45) is 23.7 Å². The topological polar surface area (TPSA) is 87.0 Å². The fraction of sp³-hybridized carbons (Fsp3) is 0.844. The van der Waals surface area contributed by atoms with Gasteiger partial charge in [0.25, 0.3) is 0 Å². The van der Waals surface area contributed by atoms with Gasteiger partial charge in [0.1, 0.15) is 0 Å². The van der Waals surface area contributed by atoms with Crippen molar-refractivity contribution in [3.8, 4) is 0 Å². The molecule has 7 atom stereocenters. The van der Waals surface area contributed by atoms with E-state index in [1.54, 1.807) is 6.92 Å². The third kappa shape index (κ3) is 13.5. The van der Waals surface area contributed by atoms with E-state index in [-0.39, 0.29) is 24.0 Å². The molecule has 0 aromatic carbocycles. The molecule has 0 saturated heterocycles. The Bertz CT molecular complexity index is 710. The minimum atomic E-state index is -0.762.